The number of fused-ring (bicyclic) bond motifs is 1. The number of Topliss-reactive ketones (excluding diaryl/α,β-unsaturated/α-hetero) is 1. The van der Waals surface area contributed by atoms with Gasteiger partial charge < -0.3 is 9.47 Å². The molecule has 0 saturated heterocycles. The minimum absolute atomic E-state index is 0.171. The summed E-state index contributed by atoms with van der Waals surface area (Å²) in [5.74, 6) is -0.116. The number of allylic oxidation sites excluding steroid dienone is 2. The quantitative estimate of drug-likeness (QED) is 0.725. The zero-order valence-corrected chi connectivity index (χ0v) is 16.2. The second-order valence-electron chi connectivity index (χ2n) is 7.99. The molecule has 0 aromatic heterocycles. The summed E-state index contributed by atoms with van der Waals surface area (Å²) in [6, 6.07) is 0. The van der Waals surface area contributed by atoms with Gasteiger partial charge >= 0.3 is 11.9 Å². The maximum Gasteiger partial charge on any atom is 0.305 e. The molecular formula is C20H30O5. The van der Waals surface area contributed by atoms with Crippen molar-refractivity contribution < 1.29 is 23.9 Å². The fraction of sp³-hybridized carbons (Fsp3) is 0.750. The summed E-state index contributed by atoms with van der Waals surface area (Å²) >= 11 is 0. The molecule has 5 heteroatoms. The Morgan fingerprint density at radius 2 is 1.88 bits per heavy atom. The van der Waals surface area contributed by atoms with E-state index in [0.717, 1.165) is 11.1 Å². The van der Waals surface area contributed by atoms with E-state index in [9.17, 15) is 14.4 Å². The van der Waals surface area contributed by atoms with Crippen molar-refractivity contribution in [3.8, 4) is 0 Å². The predicted octanol–water partition coefficient (Wildman–Crippen LogP) is 3.60. The third-order valence-corrected chi connectivity index (χ3v) is 5.80. The molecular weight excluding hydrogens is 320 g/mol. The van der Waals surface area contributed by atoms with E-state index < -0.39 is 5.60 Å². The Hall–Kier alpha value is -1.65. The topological polar surface area (TPSA) is 69.7 Å². The largest absolute Gasteiger partial charge is 0.462 e. The summed E-state index contributed by atoms with van der Waals surface area (Å²) in [4.78, 5) is 35.8. The van der Waals surface area contributed by atoms with Gasteiger partial charge in [-0.1, -0.05) is 19.4 Å². The van der Waals surface area contributed by atoms with Crippen molar-refractivity contribution >= 4 is 17.7 Å². The van der Waals surface area contributed by atoms with Crippen molar-refractivity contribution in [2.45, 2.75) is 78.9 Å². The lowest BCUT2D eigenvalue weighted by atomic mass is 9.80. The highest BCUT2D eigenvalue weighted by atomic mass is 16.6. The molecule has 140 valence electrons. The van der Waals surface area contributed by atoms with Crippen LogP contribution in [0.1, 0.15) is 67.2 Å². The standard InChI is InChI=1S/C20H30O5/c1-7-19(23)24-18-8-11(2)14-10-17(22)12(3)15(14)9-16(18)20(5,6)25-13(4)21/h11,14,16,18H,7-10H2,1-6H3. The van der Waals surface area contributed by atoms with Crippen LogP contribution in [0.25, 0.3) is 0 Å². The van der Waals surface area contributed by atoms with Crippen molar-refractivity contribution in [3.63, 3.8) is 0 Å². The van der Waals surface area contributed by atoms with Gasteiger partial charge in [-0.25, -0.2) is 0 Å². The highest BCUT2D eigenvalue weighted by Crippen LogP contribution is 2.47. The predicted molar refractivity (Wildman–Crippen MR) is 93.7 cm³/mol. The van der Waals surface area contributed by atoms with Crippen LogP contribution in [0.15, 0.2) is 11.1 Å². The maximum absolute atomic E-state index is 12.2. The fourth-order valence-corrected chi connectivity index (χ4v) is 4.37. The first-order valence-corrected chi connectivity index (χ1v) is 9.18. The molecule has 0 heterocycles. The third kappa shape index (κ3) is 4.13. The molecule has 4 atom stereocenters. The number of carbonyl (C=O) groups is 3. The molecule has 5 nitrogen and oxygen atoms in total. The van der Waals surface area contributed by atoms with Crippen molar-refractivity contribution in [3.05, 3.63) is 11.1 Å². The first kappa shape index (κ1) is 19.7. The van der Waals surface area contributed by atoms with Crippen LogP contribution in [0.3, 0.4) is 0 Å². The van der Waals surface area contributed by atoms with Crippen LogP contribution >= 0.6 is 0 Å². The number of esters is 2. The second-order valence-corrected chi connectivity index (χ2v) is 7.99. The molecule has 1 saturated carbocycles. The minimum atomic E-state index is -0.780. The molecule has 0 radical (unpaired) electrons. The summed E-state index contributed by atoms with van der Waals surface area (Å²) < 4.78 is 11.3. The van der Waals surface area contributed by atoms with Crippen LogP contribution in [0.5, 0.6) is 0 Å². The lowest BCUT2D eigenvalue weighted by Crippen LogP contribution is -2.44. The highest BCUT2D eigenvalue weighted by molar-refractivity contribution is 5.98. The van der Waals surface area contributed by atoms with E-state index in [0.29, 0.717) is 25.7 Å². The lowest BCUT2D eigenvalue weighted by Gasteiger charge is -2.38. The second kappa shape index (κ2) is 7.30. The number of ketones is 1. The monoisotopic (exact) mass is 350 g/mol. The smallest absolute Gasteiger partial charge is 0.305 e. The molecule has 0 spiro atoms. The van der Waals surface area contributed by atoms with Gasteiger partial charge in [-0.15, -0.1) is 0 Å². The van der Waals surface area contributed by atoms with Crippen molar-refractivity contribution in [1.82, 2.24) is 0 Å². The number of hydrogen-bond donors (Lipinski definition) is 0. The van der Waals surface area contributed by atoms with Gasteiger partial charge in [0.05, 0.1) is 0 Å². The molecule has 1 fully saturated rings. The Morgan fingerprint density at radius 3 is 2.44 bits per heavy atom. The minimum Gasteiger partial charge on any atom is -0.462 e. The molecule has 0 aliphatic heterocycles. The van der Waals surface area contributed by atoms with Gasteiger partial charge in [-0.2, -0.15) is 0 Å². The Morgan fingerprint density at radius 1 is 1.24 bits per heavy atom. The number of ether oxygens (including phenoxy) is 2. The van der Waals surface area contributed by atoms with Gasteiger partial charge in [0.25, 0.3) is 0 Å². The number of carbonyl (C=O) groups excluding carboxylic acids is 3. The molecule has 0 amide bonds. The summed E-state index contributed by atoms with van der Waals surface area (Å²) in [5, 5.41) is 0. The zero-order valence-electron chi connectivity index (χ0n) is 16.2. The van der Waals surface area contributed by atoms with Crippen LogP contribution in [0.4, 0.5) is 0 Å². The summed E-state index contributed by atoms with van der Waals surface area (Å²) in [7, 11) is 0. The zero-order chi connectivity index (χ0) is 18.9. The Kier molecular flexibility index (Phi) is 5.75. The van der Waals surface area contributed by atoms with Gasteiger partial charge in [0.15, 0.2) is 5.78 Å². The van der Waals surface area contributed by atoms with Gasteiger partial charge in [0, 0.05) is 25.7 Å². The van der Waals surface area contributed by atoms with E-state index in [1.165, 1.54) is 6.92 Å². The van der Waals surface area contributed by atoms with Crippen LogP contribution in [-0.4, -0.2) is 29.4 Å². The summed E-state index contributed by atoms with van der Waals surface area (Å²) in [6.07, 6.45) is 1.83. The molecule has 2 rings (SSSR count). The van der Waals surface area contributed by atoms with E-state index in [1.54, 1.807) is 6.92 Å². The Labute approximate surface area is 150 Å². The molecule has 0 N–H and O–H groups in total. The first-order valence-electron chi connectivity index (χ1n) is 9.18. The van der Waals surface area contributed by atoms with Gasteiger partial charge in [0.2, 0.25) is 0 Å². The fourth-order valence-electron chi connectivity index (χ4n) is 4.37. The average molecular weight is 350 g/mol. The van der Waals surface area contributed by atoms with Crippen LogP contribution in [-0.2, 0) is 23.9 Å². The van der Waals surface area contributed by atoms with Crippen molar-refractivity contribution in [2.24, 2.45) is 17.8 Å². The highest BCUT2D eigenvalue weighted by Gasteiger charge is 2.47. The number of hydrogen-bond acceptors (Lipinski definition) is 5. The van der Waals surface area contributed by atoms with E-state index in [2.05, 4.69) is 6.92 Å². The van der Waals surface area contributed by atoms with Crippen molar-refractivity contribution in [2.75, 3.05) is 0 Å². The molecule has 2 aliphatic carbocycles. The molecule has 0 bridgehead atoms. The summed E-state index contributed by atoms with van der Waals surface area (Å²) in [6.45, 7) is 10.9. The van der Waals surface area contributed by atoms with Crippen molar-refractivity contribution in [1.29, 1.82) is 0 Å². The SMILES string of the molecule is CCC(=O)OC1CC(C)C2CC(=O)C(C)=C2CC1C(C)(C)OC(C)=O. The molecule has 25 heavy (non-hydrogen) atoms. The number of rotatable bonds is 4. The van der Waals surface area contributed by atoms with Gasteiger partial charge in [-0.05, 0) is 51.0 Å². The molecule has 0 aromatic rings. The maximum atomic E-state index is 12.2. The normalized spacial score (nSPS) is 29.9. The van der Waals surface area contributed by atoms with E-state index in [4.69, 9.17) is 9.47 Å². The third-order valence-electron chi connectivity index (χ3n) is 5.80. The van der Waals surface area contributed by atoms with E-state index >= 15 is 0 Å². The van der Waals surface area contributed by atoms with Crippen LogP contribution in [0, 0.1) is 17.8 Å². The van der Waals surface area contributed by atoms with Gasteiger partial charge in [-0.3, -0.25) is 14.4 Å². The van der Waals surface area contributed by atoms with Crippen LogP contribution < -0.4 is 0 Å². The van der Waals surface area contributed by atoms with Gasteiger partial charge in [0.1, 0.15) is 11.7 Å². The van der Waals surface area contributed by atoms with E-state index in [-0.39, 0.29) is 41.6 Å². The lowest BCUT2D eigenvalue weighted by molar-refractivity contribution is -0.171. The van der Waals surface area contributed by atoms with Crippen LogP contribution in [0.2, 0.25) is 0 Å². The van der Waals surface area contributed by atoms with E-state index in [1.807, 2.05) is 20.8 Å². The molecule has 4 unspecified atom stereocenters. The molecule has 2 aliphatic rings. The Balaban J connectivity index is 2.42. The molecule has 0 aromatic carbocycles. The first-order chi connectivity index (χ1) is 11.6. The Bertz CT molecular complexity index is 601. The summed E-state index contributed by atoms with van der Waals surface area (Å²) in [5.41, 5.74) is 1.21. The average Bonchev–Trinajstić information content (AvgIpc) is 2.69.